The van der Waals surface area contributed by atoms with E-state index in [-0.39, 0.29) is 13.2 Å². The van der Waals surface area contributed by atoms with Crippen LogP contribution in [0.2, 0.25) is 0 Å². The molecule has 0 heterocycles. The molecule has 0 spiro atoms. The van der Waals surface area contributed by atoms with E-state index in [1.807, 2.05) is 32.9 Å². The van der Waals surface area contributed by atoms with Gasteiger partial charge in [0, 0.05) is 0 Å². The van der Waals surface area contributed by atoms with E-state index >= 15 is 0 Å². The zero-order valence-electron chi connectivity index (χ0n) is 11.6. The predicted octanol–water partition coefficient (Wildman–Crippen LogP) is 2.41. The summed E-state index contributed by atoms with van der Waals surface area (Å²) in [6.45, 7) is 5.30. The molecule has 4 nitrogen and oxygen atoms in total. The Morgan fingerprint density at radius 3 is 2.74 bits per heavy atom. The van der Waals surface area contributed by atoms with Crippen LogP contribution in [0.1, 0.15) is 26.3 Å². The first-order chi connectivity index (χ1) is 8.90. The SMILES string of the molecule is CC(C)(C)OC(=O)COc1cccc(C=CCO)c1. The van der Waals surface area contributed by atoms with E-state index in [4.69, 9.17) is 14.6 Å². The summed E-state index contributed by atoms with van der Waals surface area (Å²) in [6, 6.07) is 7.26. The largest absolute Gasteiger partial charge is 0.482 e. The second-order valence-electron chi connectivity index (χ2n) is 5.03. The Bertz CT molecular complexity index is 444. The lowest BCUT2D eigenvalue weighted by Gasteiger charge is -2.19. The van der Waals surface area contributed by atoms with Crippen molar-refractivity contribution in [3.05, 3.63) is 35.9 Å². The number of ether oxygens (including phenoxy) is 2. The molecule has 4 heteroatoms. The lowest BCUT2D eigenvalue weighted by molar-refractivity contribution is -0.157. The molecule has 0 saturated heterocycles. The number of carbonyl (C=O) groups excluding carboxylic acids is 1. The third-order valence-electron chi connectivity index (χ3n) is 2.05. The maximum Gasteiger partial charge on any atom is 0.344 e. The Morgan fingerprint density at radius 1 is 1.37 bits per heavy atom. The molecular weight excluding hydrogens is 244 g/mol. The number of benzene rings is 1. The van der Waals surface area contributed by atoms with Gasteiger partial charge in [-0.2, -0.15) is 0 Å². The molecule has 1 N–H and O–H groups in total. The van der Waals surface area contributed by atoms with Crippen molar-refractivity contribution in [2.75, 3.05) is 13.2 Å². The van der Waals surface area contributed by atoms with Crippen molar-refractivity contribution in [1.82, 2.24) is 0 Å². The maximum absolute atomic E-state index is 11.5. The smallest absolute Gasteiger partial charge is 0.344 e. The van der Waals surface area contributed by atoms with Crippen molar-refractivity contribution in [2.45, 2.75) is 26.4 Å². The Labute approximate surface area is 113 Å². The quantitative estimate of drug-likeness (QED) is 0.830. The Morgan fingerprint density at radius 2 is 2.11 bits per heavy atom. The summed E-state index contributed by atoms with van der Waals surface area (Å²) < 4.78 is 10.5. The lowest BCUT2D eigenvalue weighted by atomic mass is 10.2. The van der Waals surface area contributed by atoms with Crippen LogP contribution in [0.25, 0.3) is 6.08 Å². The van der Waals surface area contributed by atoms with E-state index in [1.165, 1.54) is 0 Å². The van der Waals surface area contributed by atoms with E-state index < -0.39 is 11.6 Å². The lowest BCUT2D eigenvalue weighted by Crippen LogP contribution is -2.27. The number of hydrogen-bond donors (Lipinski definition) is 1. The highest BCUT2D eigenvalue weighted by Gasteiger charge is 2.16. The molecule has 0 aliphatic rings. The Balaban J connectivity index is 2.54. The van der Waals surface area contributed by atoms with E-state index in [2.05, 4.69) is 0 Å². The van der Waals surface area contributed by atoms with Crippen LogP contribution in [0.15, 0.2) is 30.3 Å². The minimum Gasteiger partial charge on any atom is -0.482 e. The minimum atomic E-state index is -0.508. The average Bonchev–Trinajstić information content (AvgIpc) is 2.32. The van der Waals surface area contributed by atoms with Crippen LogP contribution in [0.5, 0.6) is 5.75 Å². The monoisotopic (exact) mass is 264 g/mol. The van der Waals surface area contributed by atoms with Crippen molar-refractivity contribution in [3.63, 3.8) is 0 Å². The number of aliphatic hydroxyl groups excluding tert-OH is 1. The molecule has 1 aromatic rings. The van der Waals surface area contributed by atoms with Crippen molar-refractivity contribution in [1.29, 1.82) is 0 Å². The molecule has 0 fully saturated rings. The first-order valence-corrected chi connectivity index (χ1v) is 6.13. The summed E-state index contributed by atoms with van der Waals surface area (Å²) in [5.41, 5.74) is 0.391. The summed E-state index contributed by atoms with van der Waals surface area (Å²) >= 11 is 0. The minimum absolute atomic E-state index is 0.0109. The Kier molecular flexibility index (Phi) is 5.57. The predicted molar refractivity (Wildman–Crippen MR) is 73.9 cm³/mol. The fraction of sp³-hybridized carbons (Fsp3) is 0.400. The fourth-order valence-corrected chi connectivity index (χ4v) is 1.41. The topological polar surface area (TPSA) is 55.8 Å². The fourth-order valence-electron chi connectivity index (χ4n) is 1.41. The van der Waals surface area contributed by atoms with Gasteiger partial charge in [-0.3, -0.25) is 0 Å². The molecule has 1 aromatic carbocycles. The van der Waals surface area contributed by atoms with Gasteiger partial charge in [-0.1, -0.05) is 24.3 Å². The normalized spacial score (nSPS) is 11.6. The third kappa shape index (κ3) is 6.62. The van der Waals surface area contributed by atoms with Crippen LogP contribution in [-0.4, -0.2) is 29.9 Å². The third-order valence-corrected chi connectivity index (χ3v) is 2.05. The van der Waals surface area contributed by atoms with Gasteiger partial charge in [0.2, 0.25) is 0 Å². The molecule has 0 radical (unpaired) electrons. The summed E-state index contributed by atoms with van der Waals surface area (Å²) in [4.78, 5) is 11.5. The molecule has 0 aliphatic heterocycles. The van der Waals surface area contributed by atoms with Gasteiger partial charge in [0.25, 0.3) is 0 Å². The number of aliphatic hydroxyl groups is 1. The molecule has 0 atom stereocenters. The van der Waals surface area contributed by atoms with Crippen LogP contribution in [0.3, 0.4) is 0 Å². The standard InChI is InChI=1S/C15H20O4/c1-15(2,3)19-14(17)11-18-13-8-4-6-12(10-13)7-5-9-16/h4-8,10,16H,9,11H2,1-3H3. The first-order valence-electron chi connectivity index (χ1n) is 6.13. The van der Waals surface area contributed by atoms with Crippen LogP contribution in [-0.2, 0) is 9.53 Å². The van der Waals surface area contributed by atoms with Crippen LogP contribution >= 0.6 is 0 Å². The van der Waals surface area contributed by atoms with Gasteiger partial charge in [0.05, 0.1) is 6.61 Å². The van der Waals surface area contributed by atoms with E-state index in [1.54, 1.807) is 24.3 Å². The van der Waals surface area contributed by atoms with E-state index in [0.717, 1.165) is 5.56 Å². The molecule has 0 unspecified atom stereocenters. The van der Waals surface area contributed by atoms with Gasteiger partial charge in [-0.05, 0) is 38.5 Å². The number of rotatable bonds is 5. The van der Waals surface area contributed by atoms with Gasteiger partial charge in [-0.25, -0.2) is 4.79 Å². The number of carbonyl (C=O) groups is 1. The average molecular weight is 264 g/mol. The summed E-state index contributed by atoms with van der Waals surface area (Å²) in [5, 5.41) is 8.70. The van der Waals surface area contributed by atoms with Crippen LogP contribution < -0.4 is 4.74 Å². The number of hydrogen-bond acceptors (Lipinski definition) is 4. The summed E-state index contributed by atoms with van der Waals surface area (Å²) in [5.74, 6) is 0.190. The highest BCUT2D eigenvalue weighted by Crippen LogP contribution is 2.15. The van der Waals surface area contributed by atoms with E-state index in [0.29, 0.717) is 5.75 Å². The molecule has 0 amide bonds. The molecule has 0 bridgehead atoms. The van der Waals surface area contributed by atoms with Crippen molar-refractivity contribution >= 4 is 12.0 Å². The number of esters is 1. The molecule has 0 aliphatic carbocycles. The highest BCUT2D eigenvalue weighted by atomic mass is 16.6. The van der Waals surface area contributed by atoms with Crippen molar-refractivity contribution in [2.24, 2.45) is 0 Å². The molecule has 1 rings (SSSR count). The molecule has 0 saturated carbocycles. The molecular formula is C15H20O4. The zero-order chi connectivity index (χ0) is 14.3. The second-order valence-corrected chi connectivity index (χ2v) is 5.03. The van der Waals surface area contributed by atoms with Crippen molar-refractivity contribution < 1.29 is 19.4 Å². The second kappa shape index (κ2) is 6.95. The van der Waals surface area contributed by atoms with Gasteiger partial charge in [0.1, 0.15) is 11.4 Å². The van der Waals surface area contributed by atoms with Crippen LogP contribution in [0, 0.1) is 0 Å². The zero-order valence-corrected chi connectivity index (χ0v) is 11.6. The first kappa shape index (κ1) is 15.2. The van der Waals surface area contributed by atoms with Gasteiger partial charge in [0.15, 0.2) is 6.61 Å². The molecule has 19 heavy (non-hydrogen) atoms. The maximum atomic E-state index is 11.5. The summed E-state index contributed by atoms with van der Waals surface area (Å²) in [7, 11) is 0. The molecule has 0 aromatic heterocycles. The molecule has 104 valence electrons. The van der Waals surface area contributed by atoms with Gasteiger partial charge in [-0.15, -0.1) is 0 Å². The van der Waals surface area contributed by atoms with Gasteiger partial charge >= 0.3 is 5.97 Å². The highest BCUT2D eigenvalue weighted by molar-refractivity contribution is 5.71. The van der Waals surface area contributed by atoms with Crippen LogP contribution in [0.4, 0.5) is 0 Å². The van der Waals surface area contributed by atoms with Gasteiger partial charge < -0.3 is 14.6 Å². The summed E-state index contributed by atoms with van der Waals surface area (Å²) in [6.07, 6.45) is 3.41. The van der Waals surface area contributed by atoms with E-state index in [9.17, 15) is 4.79 Å². The Hall–Kier alpha value is -1.81. The van der Waals surface area contributed by atoms with Crippen molar-refractivity contribution in [3.8, 4) is 5.75 Å².